The molecule has 0 aliphatic heterocycles. The molecule has 2 heterocycles. The predicted octanol–water partition coefficient (Wildman–Crippen LogP) is 4.52. The van der Waals surface area contributed by atoms with Crippen LogP contribution in [0.25, 0.3) is 0 Å². The molecule has 0 aliphatic carbocycles. The molecule has 0 aliphatic rings. The molecule has 0 atom stereocenters. The molecule has 0 spiro atoms. The van der Waals surface area contributed by atoms with Crippen molar-refractivity contribution >= 4 is 23.8 Å². The smallest absolute Gasteiger partial charge is 0.417 e. The van der Waals surface area contributed by atoms with E-state index < -0.39 is 11.7 Å². The SMILES string of the molecule is Cc1cn(N=Cc2ccc(Oc3ncc(C(F)(F)F)cc3Cl)cc2)c(N)n1. The molecule has 2 N–H and O–H groups in total. The van der Waals surface area contributed by atoms with Gasteiger partial charge in [0.1, 0.15) is 10.8 Å². The second kappa shape index (κ2) is 7.28. The molecule has 2 aromatic heterocycles. The molecule has 3 aromatic rings. The standard InChI is InChI=1S/C17H13ClF3N5O/c1-10-9-26(16(22)25-10)24-7-11-2-4-13(5-3-11)27-15-14(18)6-12(8-23-15)17(19,20)21/h2-9H,1H3,(H2,22,25). The molecule has 140 valence electrons. The Hall–Kier alpha value is -3.07. The number of anilines is 1. The fraction of sp³-hybridized carbons (Fsp3) is 0.118. The van der Waals surface area contributed by atoms with Gasteiger partial charge in [-0.1, -0.05) is 11.6 Å². The summed E-state index contributed by atoms with van der Waals surface area (Å²) in [6.45, 7) is 1.80. The summed E-state index contributed by atoms with van der Waals surface area (Å²) in [4.78, 5) is 7.66. The first-order chi connectivity index (χ1) is 12.7. The number of ether oxygens (including phenoxy) is 1. The summed E-state index contributed by atoms with van der Waals surface area (Å²) >= 11 is 5.82. The lowest BCUT2D eigenvalue weighted by molar-refractivity contribution is -0.137. The van der Waals surface area contributed by atoms with Crippen LogP contribution in [0.3, 0.4) is 0 Å². The van der Waals surface area contributed by atoms with Gasteiger partial charge in [0, 0.05) is 6.20 Å². The minimum Gasteiger partial charge on any atom is -0.438 e. The highest BCUT2D eigenvalue weighted by Crippen LogP contribution is 2.34. The Labute approximate surface area is 157 Å². The highest BCUT2D eigenvalue weighted by Gasteiger charge is 2.31. The summed E-state index contributed by atoms with van der Waals surface area (Å²) in [5.74, 6) is 0.513. The molecule has 0 unspecified atom stereocenters. The lowest BCUT2D eigenvalue weighted by atomic mass is 10.2. The van der Waals surface area contributed by atoms with Crippen LogP contribution in [0.5, 0.6) is 11.6 Å². The maximum absolute atomic E-state index is 12.6. The van der Waals surface area contributed by atoms with Crippen molar-refractivity contribution in [1.29, 1.82) is 0 Å². The van der Waals surface area contributed by atoms with Crippen molar-refractivity contribution < 1.29 is 17.9 Å². The third-order valence-corrected chi connectivity index (χ3v) is 3.67. The van der Waals surface area contributed by atoms with Crippen molar-refractivity contribution in [3.8, 4) is 11.6 Å². The quantitative estimate of drug-likeness (QED) is 0.659. The van der Waals surface area contributed by atoms with Crippen LogP contribution in [-0.4, -0.2) is 20.9 Å². The van der Waals surface area contributed by atoms with Gasteiger partial charge in [-0.3, -0.25) is 0 Å². The molecular formula is C17H13ClF3N5O. The van der Waals surface area contributed by atoms with Crippen molar-refractivity contribution in [3.05, 3.63) is 64.6 Å². The number of benzene rings is 1. The minimum atomic E-state index is -4.52. The molecule has 0 fully saturated rings. The summed E-state index contributed by atoms with van der Waals surface area (Å²) in [7, 11) is 0. The Morgan fingerprint density at radius 3 is 2.52 bits per heavy atom. The average Bonchev–Trinajstić information content (AvgIpc) is 2.92. The molecule has 0 amide bonds. The van der Waals surface area contributed by atoms with Gasteiger partial charge in [-0.15, -0.1) is 0 Å². The van der Waals surface area contributed by atoms with Crippen molar-refractivity contribution in [2.24, 2.45) is 5.10 Å². The Morgan fingerprint density at radius 2 is 1.96 bits per heavy atom. The summed E-state index contributed by atoms with van der Waals surface area (Å²) in [6.07, 6.45) is -0.598. The first kappa shape index (κ1) is 18.7. The van der Waals surface area contributed by atoms with Gasteiger partial charge in [-0.05, 0) is 42.8 Å². The zero-order chi connectivity index (χ0) is 19.6. The summed E-state index contributed by atoms with van der Waals surface area (Å²) in [6, 6.07) is 7.40. The number of nitrogens with two attached hydrogens (primary N) is 1. The number of hydrogen-bond acceptors (Lipinski definition) is 5. The number of rotatable bonds is 4. The largest absolute Gasteiger partial charge is 0.438 e. The molecular weight excluding hydrogens is 383 g/mol. The Kier molecular flexibility index (Phi) is 5.04. The molecule has 27 heavy (non-hydrogen) atoms. The molecule has 3 rings (SSSR count). The van der Waals surface area contributed by atoms with E-state index in [1.807, 2.05) is 0 Å². The highest BCUT2D eigenvalue weighted by atomic mass is 35.5. The molecule has 0 saturated carbocycles. The Balaban J connectivity index is 1.72. The minimum absolute atomic E-state index is 0.118. The molecule has 6 nitrogen and oxygen atoms in total. The number of nitrogens with zero attached hydrogens (tertiary/aromatic N) is 4. The van der Waals surface area contributed by atoms with Crippen LogP contribution in [-0.2, 0) is 6.18 Å². The summed E-state index contributed by atoms with van der Waals surface area (Å²) in [5, 5.41) is 3.95. The van der Waals surface area contributed by atoms with Gasteiger partial charge >= 0.3 is 6.18 Å². The lowest BCUT2D eigenvalue weighted by Crippen LogP contribution is -2.05. The second-order valence-electron chi connectivity index (χ2n) is 5.51. The second-order valence-corrected chi connectivity index (χ2v) is 5.92. The van der Waals surface area contributed by atoms with E-state index >= 15 is 0 Å². The van der Waals surface area contributed by atoms with Gasteiger partial charge in [0.05, 0.1) is 23.7 Å². The summed E-state index contributed by atoms with van der Waals surface area (Å²) in [5.41, 5.74) is 6.25. The van der Waals surface area contributed by atoms with E-state index in [9.17, 15) is 13.2 Å². The molecule has 1 aromatic carbocycles. The summed E-state index contributed by atoms with van der Waals surface area (Å²) < 4.78 is 44.7. The zero-order valence-corrected chi connectivity index (χ0v) is 14.7. The lowest BCUT2D eigenvalue weighted by Gasteiger charge is -2.10. The van der Waals surface area contributed by atoms with Gasteiger partial charge < -0.3 is 10.5 Å². The molecule has 0 saturated heterocycles. The van der Waals surface area contributed by atoms with Crippen LogP contribution in [0.15, 0.2) is 47.8 Å². The fourth-order valence-corrected chi connectivity index (χ4v) is 2.32. The number of alkyl halides is 3. The van der Waals surface area contributed by atoms with E-state index in [2.05, 4.69) is 15.1 Å². The number of aromatic nitrogens is 3. The molecule has 10 heteroatoms. The van der Waals surface area contributed by atoms with E-state index in [1.54, 1.807) is 43.6 Å². The monoisotopic (exact) mass is 395 g/mol. The maximum Gasteiger partial charge on any atom is 0.417 e. The normalized spacial score (nSPS) is 11.9. The maximum atomic E-state index is 12.6. The molecule has 0 radical (unpaired) electrons. The zero-order valence-electron chi connectivity index (χ0n) is 13.9. The van der Waals surface area contributed by atoms with Crippen molar-refractivity contribution in [2.75, 3.05) is 5.73 Å². The average molecular weight is 396 g/mol. The van der Waals surface area contributed by atoms with Crippen LogP contribution in [0.2, 0.25) is 5.02 Å². The van der Waals surface area contributed by atoms with Crippen molar-refractivity contribution in [2.45, 2.75) is 13.1 Å². The highest BCUT2D eigenvalue weighted by molar-refractivity contribution is 6.31. The number of nitrogen functional groups attached to an aromatic ring is 1. The first-order valence-electron chi connectivity index (χ1n) is 7.59. The fourth-order valence-electron chi connectivity index (χ4n) is 2.11. The number of aryl methyl sites for hydroxylation is 1. The van der Waals surface area contributed by atoms with Crippen LogP contribution < -0.4 is 10.5 Å². The first-order valence-corrected chi connectivity index (χ1v) is 7.96. The van der Waals surface area contributed by atoms with Crippen molar-refractivity contribution in [1.82, 2.24) is 14.6 Å². The third kappa shape index (κ3) is 4.56. The van der Waals surface area contributed by atoms with E-state index in [0.717, 1.165) is 17.3 Å². The van der Waals surface area contributed by atoms with E-state index in [-0.39, 0.29) is 16.9 Å². The number of pyridine rings is 1. The van der Waals surface area contributed by atoms with Crippen molar-refractivity contribution in [3.63, 3.8) is 0 Å². The topological polar surface area (TPSA) is 78.3 Å². The Bertz CT molecular complexity index is 983. The van der Waals surface area contributed by atoms with Gasteiger partial charge in [0.15, 0.2) is 0 Å². The van der Waals surface area contributed by atoms with Crippen LogP contribution in [0.4, 0.5) is 19.1 Å². The van der Waals surface area contributed by atoms with Crippen LogP contribution in [0, 0.1) is 6.92 Å². The number of hydrogen-bond donors (Lipinski definition) is 1. The molecule has 0 bridgehead atoms. The third-order valence-electron chi connectivity index (χ3n) is 3.40. The number of imidazole rings is 1. The van der Waals surface area contributed by atoms with E-state index in [1.165, 1.54) is 4.68 Å². The van der Waals surface area contributed by atoms with Gasteiger partial charge in [0.2, 0.25) is 11.8 Å². The Morgan fingerprint density at radius 1 is 1.26 bits per heavy atom. The van der Waals surface area contributed by atoms with Crippen LogP contribution >= 0.6 is 11.6 Å². The van der Waals surface area contributed by atoms with E-state index in [0.29, 0.717) is 11.9 Å². The van der Waals surface area contributed by atoms with Gasteiger partial charge in [-0.2, -0.15) is 18.3 Å². The predicted molar refractivity (Wildman–Crippen MR) is 95.1 cm³/mol. The van der Waals surface area contributed by atoms with E-state index in [4.69, 9.17) is 22.1 Å². The van der Waals surface area contributed by atoms with Gasteiger partial charge in [0.25, 0.3) is 0 Å². The van der Waals surface area contributed by atoms with Crippen LogP contribution in [0.1, 0.15) is 16.8 Å². The number of halogens is 4. The van der Waals surface area contributed by atoms with Gasteiger partial charge in [-0.25, -0.2) is 14.6 Å².